The number of carbonyl (C=O) groups is 1. The fourth-order valence-corrected chi connectivity index (χ4v) is 3.42. The molecule has 1 amide bonds. The van der Waals surface area contributed by atoms with Crippen LogP contribution in [0.25, 0.3) is 0 Å². The number of halogens is 2. The van der Waals surface area contributed by atoms with E-state index in [1.54, 1.807) is 30.5 Å². The molecule has 1 aliphatic rings. The molecule has 1 aromatic carbocycles. The summed E-state index contributed by atoms with van der Waals surface area (Å²) in [6.07, 6.45) is 4.21. The van der Waals surface area contributed by atoms with Crippen molar-refractivity contribution in [1.82, 2.24) is 4.98 Å². The van der Waals surface area contributed by atoms with Gasteiger partial charge < -0.3 is 10.2 Å². The molecule has 3 rings (SSSR count). The number of amides is 1. The Morgan fingerprint density at radius 1 is 1.25 bits per heavy atom. The van der Waals surface area contributed by atoms with Gasteiger partial charge in [0.1, 0.15) is 5.69 Å². The molecule has 1 fully saturated rings. The second kappa shape index (κ2) is 7.41. The first-order valence-electron chi connectivity index (χ1n) is 8.01. The van der Waals surface area contributed by atoms with Crippen LogP contribution < -0.4 is 10.2 Å². The van der Waals surface area contributed by atoms with Gasteiger partial charge in [0.25, 0.3) is 5.91 Å². The molecule has 1 aromatic heterocycles. The number of rotatable bonds is 3. The third-order valence-corrected chi connectivity index (χ3v) is 4.83. The SMILES string of the molecule is CC1CCCN(c2ccc(C(=O)Nc3c(Cl)cccc3Cl)nc2)C1. The Labute approximate surface area is 151 Å². The van der Waals surface area contributed by atoms with Gasteiger partial charge in [0.05, 0.1) is 27.6 Å². The number of nitrogens with one attached hydrogen (secondary N) is 1. The lowest BCUT2D eigenvalue weighted by Gasteiger charge is -2.32. The van der Waals surface area contributed by atoms with E-state index in [-0.39, 0.29) is 5.91 Å². The van der Waals surface area contributed by atoms with Gasteiger partial charge in [-0.1, -0.05) is 36.2 Å². The van der Waals surface area contributed by atoms with E-state index in [0.717, 1.165) is 18.8 Å². The lowest BCUT2D eigenvalue weighted by Crippen LogP contribution is -2.34. The van der Waals surface area contributed by atoms with Gasteiger partial charge in [0.15, 0.2) is 0 Å². The molecule has 1 saturated heterocycles. The monoisotopic (exact) mass is 363 g/mol. The maximum Gasteiger partial charge on any atom is 0.274 e. The molecule has 1 aliphatic heterocycles. The van der Waals surface area contributed by atoms with Crippen LogP contribution in [-0.4, -0.2) is 24.0 Å². The number of anilines is 2. The summed E-state index contributed by atoms with van der Waals surface area (Å²) in [5, 5.41) is 3.52. The van der Waals surface area contributed by atoms with Crippen molar-refractivity contribution >= 4 is 40.5 Å². The molecule has 0 aliphatic carbocycles. The van der Waals surface area contributed by atoms with Crippen LogP contribution in [0.2, 0.25) is 10.0 Å². The molecule has 126 valence electrons. The first kappa shape index (κ1) is 17.1. The molecule has 1 unspecified atom stereocenters. The average Bonchev–Trinajstić information content (AvgIpc) is 2.58. The van der Waals surface area contributed by atoms with Crippen LogP contribution in [0, 0.1) is 5.92 Å². The van der Waals surface area contributed by atoms with Gasteiger partial charge in [-0.15, -0.1) is 0 Å². The highest BCUT2D eigenvalue weighted by molar-refractivity contribution is 6.39. The lowest BCUT2D eigenvalue weighted by atomic mass is 10.00. The maximum atomic E-state index is 12.4. The molecular formula is C18H19Cl2N3O. The van der Waals surface area contributed by atoms with Crippen molar-refractivity contribution in [2.24, 2.45) is 5.92 Å². The summed E-state index contributed by atoms with van der Waals surface area (Å²) in [6.45, 7) is 4.32. The number of carbonyl (C=O) groups excluding carboxylic acids is 1. The molecule has 0 radical (unpaired) electrons. The van der Waals surface area contributed by atoms with Gasteiger partial charge >= 0.3 is 0 Å². The van der Waals surface area contributed by atoms with Crippen molar-refractivity contribution in [3.63, 3.8) is 0 Å². The first-order chi connectivity index (χ1) is 11.5. The summed E-state index contributed by atoms with van der Waals surface area (Å²) in [5.74, 6) is 0.354. The number of hydrogen-bond donors (Lipinski definition) is 1. The number of pyridine rings is 1. The van der Waals surface area contributed by atoms with Crippen molar-refractivity contribution < 1.29 is 4.79 Å². The molecule has 1 atom stereocenters. The van der Waals surface area contributed by atoms with Crippen molar-refractivity contribution in [2.45, 2.75) is 19.8 Å². The van der Waals surface area contributed by atoms with Gasteiger partial charge in [-0.2, -0.15) is 0 Å². The molecule has 24 heavy (non-hydrogen) atoms. The summed E-state index contributed by atoms with van der Waals surface area (Å²) in [7, 11) is 0. The fraction of sp³-hybridized carbons (Fsp3) is 0.333. The molecule has 4 nitrogen and oxygen atoms in total. The van der Waals surface area contributed by atoms with E-state index in [2.05, 4.69) is 22.1 Å². The largest absolute Gasteiger partial charge is 0.370 e. The van der Waals surface area contributed by atoms with E-state index in [9.17, 15) is 4.79 Å². The van der Waals surface area contributed by atoms with Crippen LogP contribution in [-0.2, 0) is 0 Å². The summed E-state index contributed by atoms with van der Waals surface area (Å²) in [6, 6.07) is 8.75. The highest BCUT2D eigenvalue weighted by Crippen LogP contribution is 2.30. The fourth-order valence-electron chi connectivity index (χ4n) is 2.93. The Morgan fingerprint density at radius 2 is 2.00 bits per heavy atom. The van der Waals surface area contributed by atoms with Crippen LogP contribution in [0.5, 0.6) is 0 Å². The van der Waals surface area contributed by atoms with Gasteiger partial charge in [-0.3, -0.25) is 4.79 Å². The second-order valence-corrected chi connectivity index (χ2v) is 6.96. The number of para-hydroxylation sites is 1. The van der Waals surface area contributed by atoms with Gasteiger partial charge in [-0.25, -0.2) is 4.98 Å². The van der Waals surface area contributed by atoms with Crippen LogP contribution in [0.4, 0.5) is 11.4 Å². The number of nitrogens with zero attached hydrogens (tertiary/aromatic N) is 2. The Morgan fingerprint density at radius 3 is 2.62 bits per heavy atom. The highest BCUT2D eigenvalue weighted by Gasteiger charge is 2.18. The predicted octanol–water partition coefficient (Wildman–Crippen LogP) is 4.88. The van der Waals surface area contributed by atoms with E-state index in [1.165, 1.54) is 12.8 Å². The van der Waals surface area contributed by atoms with E-state index in [0.29, 0.717) is 27.3 Å². The molecule has 0 bridgehead atoms. The topological polar surface area (TPSA) is 45.2 Å². The lowest BCUT2D eigenvalue weighted by molar-refractivity contribution is 0.102. The Bertz CT molecular complexity index is 713. The average molecular weight is 364 g/mol. The summed E-state index contributed by atoms with van der Waals surface area (Å²) in [5.41, 5.74) is 1.79. The Hall–Kier alpha value is -1.78. The second-order valence-electron chi connectivity index (χ2n) is 6.15. The molecule has 6 heteroatoms. The molecule has 1 N–H and O–H groups in total. The minimum absolute atomic E-state index is 0.330. The Kier molecular flexibility index (Phi) is 5.27. The zero-order valence-corrected chi connectivity index (χ0v) is 14.9. The van der Waals surface area contributed by atoms with Crippen molar-refractivity contribution in [1.29, 1.82) is 0 Å². The van der Waals surface area contributed by atoms with E-state index >= 15 is 0 Å². The summed E-state index contributed by atoms with van der Waals surface area (Å²) < 4.78 is 0. The van der Waals surface area contributed by atoms with Crippen molar-refractivity contribution in [3.05, 3.63) is 52.3 Å². The van der Waals surface area contributed by atoms with Crippen LogP contribution >= 0.6 is 23.2 Å². The summed E-state index contributed by atoms with van der Waals surface area (Å²) in [4.78, 5) is 19.0. The zero-order valence-electron chi connectivity index (χ0n) is 13.4. The first-order valence-corrected chi connectivity index (χ1v) is 8.76. The molecular weight excluding hydrogens is 345 g/mol. The number of piperidine rings is 1. The standard InChI is InChI=1S/C18H19Cl2N3O/c1-12-4-3-9-23(11-12)13-7-8-16(21-10-13)18(24)22-17-14(19)5-2-6-15(17)20/h2,5-8,10,12H,3-4,9,11H2,1H3,(H,22,24). The van der Waals surface area contributed by atoms with E-state index in [1.807, 2.05) is 6.07 Å². The third kappa shape index (κ3) is 3.82. The van der Waals surface area contributed by atoms with Gasteiger partial charge in [0.2, 0.25) is 0 Å². The van der Waals surface area contributed by atoms with Crippen LogP contribution in [0.3, 0.4) is 0 Å². The van der Waals surface area contributed by atoms with Gasteiger partial charge in [-0.05, 0) is 43.0 Å². The maximum absolute atomic E-state index is 12.4. The predicted molar refractivity (Wildman–Crippen MR) is 99.3 cm³/mol. The molecule has 2 heterocycles. The van der Waals surface area contributed by atoms with Crippen LogP contribution in [0.1, 0.15) is 30.3 Å². The molecule has 0 saturated carbocycles. The number of aromatic nitrogens is 1. The molecule has 0 spiro atoms. The van der Waals surface area contributed by atoms with E-state index < -0.39 is 0 Å². The van der Waals surface area contributed by atoms with Gasteiger partial charge in [0, 0.05) is 13.1 Å². The highest BCUT2D eigenvalue weighted by atomic mass is 35.5. The normalized spacial score (nSPS) is 17.6. The summed E-state index contributed by atoms with van der Waals surface area (Å²) >= 11 is 12.2. The molecule has 2 aromatic rings. The third-order valence-electron chi connectivity index (χ3n) is 4.20. The number of hydrogen-bond acceptors (Lipinski definition) is 3. The Balaban J connectivity index is 1.72. The quantitative estimate of drug-likeness (QED) is 0.845. The van der Waals surface area contributed by atoms with Crippen LogP contribution in [0.15, 0.2) is 36.5 Å². The smallest absolute Gasteiger partial charge is 0.274 e. The van der Waals surface area contributed by atoms with Crippen molar-refractivity contribution in [2.75, 3.05) is 23.3 Å². The van der Waals surface area contributed by atoms with E-state index in [4.69, 9.17) is 23.2 Å². The minimum Gasteiger partial charge on any atom is -0.370 e. The van der Waals surface area contributed by atoms with Crippen molar-refractivity contribution in [3.8, 4) is 0 Å². The zero-order chi connectivity index (χ0) is 17.1. The minimum atomic E-state index is -0.330. The number of benzene rings is 1.